The predicted octanol–water partition coefficient (Wildman–Crippen LogP) is 4.81. The highest BCUT2D eigenvalue weighted by Gasteiger charge is 2.31. The third-order valence-electron chi connectivity index (χ3n) is 4.31. The maximum absolute atomic E-state index is 6.41. The third-order valence-corrected chi connectivity index (χ3v) is 4.31. The molecular formula is C18H29NO. The van der Waals surface area contributed by atoms with Crippen LogP contribution in [0.2, 0.25) is 0 Å². The molecule has 1 aromatic rings. The van der Waals surface area contributed by atoms with Gasteiger partial charge >= 0.3 is 0 Å². The average Bonchev–Trinajstić information content (AvgIpc) is 2.46. The van der Waals surface area contributed by atoms with Gasteiger partial charge in [-0.1, -0.05) is 63.6 Å². The van der Waals surface area contributed by atoms with Gasteiger partial charge in [0, 0.05) is 12.8 Å². The Bertz CT molecular complexity index is 404. The molecule has 1 unspecified atom stereocenters. The zero-order chi connectivity index (χ0) is 14.3. The molecule has 0 fully saturated rings. The van der Waals surface area contributed by atoms with Crippen molar-refractivity contribution in [3.05, 3.63) is 29.8 Å². The quantitative estimate of drug-likeness (QED) is 0.691. The van der Waals surface area contributed by atoms with Crippen molar-refractivity contribution in [3.8, 4) is 5.75 Å². The molecule has 0 radical (unpaired) electrons. The molecule has 1 heterocycles. The SMILES string of the molecule is CCCCCCCCCC1(N)CCc2ccccc2O1. The fraction of sp³-hybridized carbons (Fsp3) is 0.667. The predicted molar refractivity (Wildman–Crippen MR) is 84.9 cm³/mol. The van der Waals surface area contributed by atoms with Gasteiger partial charge in [-0.2, -0.15) is 0 Å². The van der Waals surface area contributed by atoms with E-state index in [4.69, 9.17) is 10.5 Å². The molecule has 2 rings (SSSR count). The molecule has 2 heteroatoms. The smallest absolute Gasteiger partial charge is 0.158 e. The summed E-state index contributed by atoms with van der Waals surface area (Å²) in [5.41, 5.74) is 7.28. The van der Waals surface area contributed by atoms with E-state index in [1.165, 1.54) is 50.5 Å². The fourth-order valence-electron chi connectivity index (χ4n) is 2.98. The van der Waals surface area contributed by atoms with E-state index in [1.54, 1.807) is 0 Å². The van der Waals surface area contributed by atoms with E-state index in [-0.39, 0.29) is 0 Å². The Morgan fingerprint density at radius 1 is 1.05 bits per heavy atom. The number of nitrogens with two attached hydrogens (primary N) is 1. The van der Waals surface area contributed by atoms with Crippen molar-refractivity contribution < 1.29 is 4.74 Å². The summed E-state index contributed by atoms with van der Waals surface area (Å²) in [6.45, 7) is 2.26. The summed E-state index contributed by atoms with van der Waals surface area (Å²) < 4.78 is 6.04. The van der Waals surface area contributed by atoms with Crippen molar-refractivity contribution in [3.63, 3.8) is 0 Å². The molecule has 1 atom stereocenters. The number of hydrogen-bond acceptors (Lipinski definition) is 2. The Kier molecular flexibility index (Phi) is 5.90. The Morgan fingerprint density at radius 3 is 2.55 bits per heavy atom. The minimum atomic E-state index is -0.433. The van der Waals surface area contributed by atoms with E-state index < -0.39 is 5.72 Å². The minimum absolute atomic E-state index is 0.433. The van der Waals surface area contributed by atoms with Crippen molar-refractivity contribution in [1.82, 2.24) is 0 Å². The van der Waals surface area contributed by atoms with Gasteiger partial charge in [-0.15, -0.1) is 0 Å². The number of fused-ring (bicyclic) bond motifs is 1. The van der Waals surface area contributed by atoms with Crippen molar-refractivity contribution in [2.45, 2.75) is 76.9 Å². The zero-order valence-electron chi connectivity index (χ0n) is 12.9. The van der Waals surface area contributed by atoms with Crippen LogP contribution >= 0.6 is 0 Å². The first-order valence-electron chi connectivity index (χ1n) is 8.29. The summed E-state index contributed by atoms with van der Waals surface area (Å²) in [4.78, 5) is 0. The zero-order valence-corrected chi connectivity index (χ0v) is 12.9. The summed E-state index contributed by atoms with van der Waals surface area (Å²) in [5, 5.41) is 0. The lowest BCUT2D eigenvalue weighted by Gasteiger charge is -2.35. The highest BCUT2D eigenvalue weighted by Crippen LogP contribution is 2.33. The molecule has 0 saturated carbocycles. The molecule has 1 aliphatic rings. The van der Waals surface area contributed by atoms with Gasteiger partial charge in [-0.25, -0.2) is 0 Å². The Morgan fingerprint density at radius 2 is 1.75 bits per heavy atom. The van der Waals surface area contributed by atoms with Gasteiger partial charge < -0.3 is 4.74 Å². The van der Waals surface area contributed by atoms with E-state index in [2.05, 4.69) is 19.1 Å². The Labute approximate surface area is 123 Å². The lowest BCUT2D eigenvalue weighted by Crippen LogP contribution is -2.48. The average molecular weight is 275 g/mol. The van der Waals surface area contributed by atoms with Crippen molar-refractivity contribution >= 4 is 0 Å². The van der Waals surface area contributed by atoms with E-state index in [0.717, 1.165) is 25.0 Å². The summed E-state index contributed by atoms with van der Waals surface area (Å²) >= 11 is 0. The number of rotatable bonds is 8. The van der Waals surface area contributed by atoms with Crippen LogP contribution < -0.4 is 10.5 Å². The lowest BCUT2D eigenvalue weighted by atomic mass is 9.93. The molecule has 0 bridgehead atoms. The van der Waals surface area contributed by atoms with Crippen LogP contribution in [0.1, 0.15) is 70.3 Å². The second-order valence-electron chi connectivity index (χ2n) is 6.15. The topological polar surface area (TPSA) is 35.2 Å². The second-order valence-corrected chi connectivity index (χ2v) is 6.15. The minimum Gasteiger partial charge on any atom is -0.473 e. The molecule has 2 nitrogen and oxygen atoms in total. The normalized spacial score (nSPS) is 21.3. The van der Waals surface area contributed by atoms with Gasteiger partial charge in [0.15, 0.2) is 5.72 Å². The maximum atomic E-state index is 6.41. The maximum Gasteiger partial charge on any atom is 0.158 e. The molecule has 0 aromatic heterocycles. The van der Waals surface area contributed by atoms with Gasteiger partial charge in [-0.05, 0) is 24.5 Å². The number of aryl methyl sites for hydroxylation is 1. The fourth-order valence-corrected chi connectivity index (χ4v) is 2.98. The van der Waals surface area contributed by atoms with Crippen molar-refractivity contribution in [1.29, 1.82) is 0 Å². The van der Waals surface area contributed by atoms with Gasteiger partial charge in [0.05, 0.1) is 0 Å². The van der Waals surface area contributed by atoms with Crippen LogP contribution in [0.4, 0.5) is 0 Å². The van der Waals surface area contributed by atoms with Crippen LogP contribution in [0, 0.1) is 0 Å². The number of benzene rings is 1. The van der Waals surface area contributed by atoms with E-state index >= 15 is 0 Å². The summed E-state index contributed by atoms with van der Waals surface area (Å²) in [6, 6.07) is 8.28. The molecule has 20 heavy (non-hydrogen) atoms. The standard InChI is InChI=1S/C18H29NO/c1-2-3-4-5-6-7-10-14-18(19)15-13-16-11-8-9-12-17(16)20-18/h8-9,11-12H,2-7,10,13-15,19H2,1H3. The van der Waals surface area contributed by atoms with Crippen LogP contribution in [-0.4, -0.2) is 5.72 Å². The molecule has 0 spiro atoms. The first kappa shape index (κ1) is 15.4. The highest BCUT2D eigenvalue weighted by atomic mass is 16.5. The van der Waals surface area contributed by atoms with Crippen LogP contribution in [-0.2, 0) is 6.42 Å². The second kappa shape index (κ2) is 7.68. The lowest BCUT2D eigenvalue weighted by molar-refractivity contribution is 0.0411. The highest BCUT2D eigenvalue weighted by molar-refractivity contribution is 5.35. The number of hydrogen-bond donors (Lipinski definition) is 1. The number of unbranched alkanes of at least 4 members (excludes halogenated alkanes) is 6. The molecule has 1 aromatic carbocycles. The van der Waals surface area contributed by atoms with Gasteiger partial charge in [-0.3, -0.25) is 5.73 Å². The molecule has 0 saturated heterocycles. The molecule has 0 aliphatic carbocycles. The third kappa shape index (κ3) is 4.52. The monoisotopic (exact) mass is 275 g/mol. The van der Waals surface area contributed by atoms with Crippen LogP contribution in [0.3, 0.4) is 0 Å². The van der Waals surface area contributed by atoms with E-state index in [1.807, 2.05) is 12.1 Å². The molecule has 1 aliphatic heterocycles. The summed E-state index contributed by atoms with van der Waals surface area (Å²) in [6.07, 6.45) is 12.2. The number of ether oxygens (including phenoxy) is 1. The molecule has 112 valence electrons. The number of para-hydroxylation sites is 1. The first-order valence-corrected chi connectivity index (χ1v) is 8.29. The van der Waals surface area contributed by atoms with Crippen molar-refractivity contribution in [2.75, 3.05) is 0 Å². The molecular weight excluding hydrogens is 246 g/mol. The van der Waals surface area contributed by atoms with Crippen LogP contribution in [0.5, 0.6) is 5.75 Å². The molecule has 0 amide bonds. The molecule has 2 N–H and O–H groups in total. The summed E-state index contributed by atoms with van der Waals surface area (Å²) in [7, 11) is 0. The largest absolute Gasteiger partial charge is 0.473 e. The Balaban J connectivity index is 1.68. The van der Waals surface area contributed by atoms with Gasteiger partial charge in [0.1, 0.15) is 5.75 Å². The summed E-state index contributed by atoms with van der Waals surface area (Å²) in [5.74, 6) is 0.990. The van der Waals surface area contributed by atoms with Crippen molar-refractivity contribution in [2.24, 2.45) is 5.73 Å². The van der Waals surface area contributed by atoms with Crippen LogP contribution in [0.15, 0.2) is 24.3 Å². The van der Waals surface area contributed by atoms with Gasteiger partial charge in [0.25, 0.3) is 0 Å². The van der Waals surface area contributed by atoms with E-state index in [0.29, 0.717) is 0 Å². The first-order chi connectivity index (χ1) is 9.73. The Hall–Kier alpha value is -1.02. The van der Waals surface area contributed by atoms with Gasteiger partial charge in [0.2, 0.25) is 0 Å². The van der Waals surface area contributed by atoms with E-state index in [9.17, 15) is 0 Å². The van der Waals surface area contributed by atoms with Crippen LogP contribution in [0.25, 0.3) is 0 Å².